The number of nitrogens with two attached hydrogens (primary N) is 1. The number of aliphatic carboxylic acids is 1. The van der Waals surface area contributed by atoms with Crippen LogP contribution in [0.1, 0.15) is 36.1 Å². The standard InChI is InChI=1S/C17H22N4O2S.C2HF3O2/c18-10-13-2-1-7-21(13)17(23)14(19)3-4-16(22)20-8-5-12-6-9-24-15(12)11-20;3-2(4,5)1(6)7/h6,9,13-14H,1-5,7-8,11,19H2;(H,6,7)/t13-,14-;/m0./s1. The van der Waals surface area contributed by atoms with Crippen molar-refractivity contribution < 1.29 is 32.7 Å². The van der Waals surface area contributed by atoms with Gasteiger partial charge in [0, 0.05) is 24.4 Å². The lowest BCUT2D eigenvalue weighted by Crippen LogP contribution is -2.46. The lowest BCUT2D eigenvalue weighted by Gasteiger charge is -2.28. The van der Waals surface area contributed by atoms with Gasteiger partial charge in [-0.2, -0.15) is 18.4 Å². The van der Waals surface area contributed by atoms with Crippen LogP contribution < -0.4 is 5.73 Å². The van der Waals surface area contributed by atoms with Crippen LogP contribution >= 0.6 is 11.3 Å². The van der Waals surface area contributed by atoms with Crippen molar-refractivity contribution in [2.45, 2.75) is 56.9 Å². The van der Waals surface area contributed by atoms with Gasteiger partial charge in [0.2, 0.25) is 11.8 Å². The van der Waals surface area contributed by atoms with Crippen LogP contribution in [0, 0.1) is 11.3 Å². The van der Waals surface area contributed by atoms with Gasteiger partial charge >= 0.3 is 12.1 Å². The molecule has 3 rings (SSSR count). The Morgan fingerprint density at radius 2 is 2.03 bits per heavy atom. The Hall–Kier alpha value is -2.65. The zero-order chi connectivity index (χ0) is 23.2. The van der Waals surface area contributed by atoms with Gasteiger partial charge in [0.1, 0.15) is 6.04 Å². The molecule has 2 aliphatic heterocycles. The van der Waals surface area contributed by atoms with E-state index in [1.54, 1.807) is 16.2 Å². The molecule has 0 saturated carbocycles. The summed E-state index contributed by atoms with van der Waals surface area (Å²) in [4.78, 5) is 38.3. The predicted molar refractivity (Wildman–Crippen MR) is 105 cm³/mol. The van der Waals surface area contributed by atoms with Crippen LogP contribution in [0.4, 0.5) is 13.2 Å². The topological polar surface area (TPSA) is 128 Å². The van der Waals surface area contributed by atoms with Gasteiger partial charge in [0.25, 0.3) is 0 Å². The quantitative estimate of drug-likeness (QED) is 0.706. The van der Waals surface area contributed by atoms with Gasteiger partial charge in [-0.1, -0.05) is 0 Å². The van der Waals surface area contributed by atoms with Crippen LogP contribution in [-0.4, -0.2) is 64.0 Å². The van der Waals surface area contributed by atoms with Gasteiger partial charge in [-0.15, -0.1) is 11.3 Å². The average molecular weight is 460 g/mol. The first-order valence-corrected chi connectivity index (χ1v) is 10.5. The van der Waals surface area contributed by atoms with E-state index in [2.05, 4.69) is 17.5 Å². The summed E-state index contributed by atoms with van der Waals surface area (Å²) in [6.45, 7) is 1.98. The Morgan fingerprint density at radius 1 is 1.35 bits per heavy atom. The number of carboxylic acid groups (broad SMARTS) is 1. The van der Waals surface area contributed by atoms with Crippen molar-refractivity contribution >= 4 is 29.1 Å². The predicted octanol–water partition coefficient (Wildman–Crippen LogP) is 1.89. The molecule has 1 aromatic rings. The number of halogens is 3. The zero-order valence-electron chi connectivity index (χ0n) is 16.6. The van der Waals surface area contributed by atoms with E-state index in [1.165, 1.54) is 10.4 Å². The van der Waals surface area contributed by atoms with Crippen LogP contribution in [0.3, 0.4) is 0 Å². The molecule has 0 bridgehead atoms. The third kappa shape index (κ3) is 6.67. The maximum atomic E-state index is 12.4. The van der Waals surface area contributed by atoms with E-state index in [9.17, 15) is 22.8 Å². The molecule has 31 heavy (non-hydrogen) atoms. The zero-order valence-corrected chi connectivity index (χ0v) is 17.4. The first kappa shape index (κ1) is 24.6. The number of amides is 2. The molecule has 3 N–H and O–H groups in total. The first-order chi connectivity index (χ1) is 14.5. The number of carbonyl (C=O) groups excluding carboxylic acids is 2. The molecule has 0 aliphatic carbocycles. The van der Waals surface area contributed by atoms with Gasteiger partial charge in [0.15, 0.2) is 0 Å². The molecule has 3 heterocycles. The fourth-order valence-electron chi connectivity index (χ4n) is 3.39. The summed E-state index contributed by atoms with van der Waals surface area (Å²) >= 11 is 1.69. The molecule has 0 spiro atoms. The average Bonchev–Trinajstić information content (AvgIpc) is 3.39. The van der Waals surface area contributed by atoms with Crippen LogP contribution in [-0.2, 0) is 27.3 Å². The smallest absolute Gasteiger partial charge is 0.475 e. The van der Waals surface area contributed by atoms with Gasteiger partial charge in [-0.3, -0.25) is 9.59 Å². The van der Waals surface area contributed by atoms with Crippen molar-refractivity contribution in [2.75, 3.05) is 13.1 Å². The number of hydrogen-bond donors (Lipinski definition) is 2. The number of nitriles is 1. The molecule has 1 saturated heterocycles. The molecule has 0 unspecified atom stereocenters. The van der Waals surface area contributed by atoms with E-state index >= 15 is 0 Å². The minimum atomic E-state index is -5.08. The summed E-state index contributed by atoms with van der Waals surface area (Å²) in [5.41, 5.74) is 7.32. The Balaban J connectivity index is 0.000000423. The lowest BCUT2D eigenvalue weighted by molar-refractivity contribution is -0.192. The van der Waals surface area contributed by atoms with Crippen molar-refractivity contribution in [3.05, 3.63) is 21.9 Å². The van der Waals surface area contributed by atoms with E-state index in [0.29, 0.717) is 25.9 Å². The van der Waals surface area contributed by atoms with E-state index in [4.69, 9.17) is 20.9 Å². The van der Waals surface area contributed by atoms with Gasteiger partial charge in [-0.25, -0.2) is 4.79 Å². The van der Waals surface area contributed by atoms with Gasteiger partial charge < -0.3 is 20.6 Å². The van der Waals surface area contributed by atoms with Gasteiger partial charge in [0.05, 0.1) is 18.7 Å². The molecule has 0 radical (unpaired) electrons. The van der Waals surface area contributed by atoms with Crippen molar-refractivity contribution in [2.24, 2.45) is 5.73 Å². The molecule has 2 atom stereocenters. The minimum absolute atomic E-state index is 0.0514. The highest BCUT2D eigenvalue weighted by Crippen LogP contribution is 2.25. The minimum Gasteiger partial charge on any atom is -0.475 e. The molecular formula is C19H23F3N4O4S. The first-order valence-electron chi connectivity index (χ1n) is 9.63. The molecular weight excluding hydrogens is 437 g/mol. The van der Waals surface area contributed by atoms with Crippen molar-refractivity contribution in [3.8, 4) is 6.07 Å². The molecule has 0 aromatic carbocycles. The van der Waals surface area contributed by atoms with Crippen molar-refractivity contribution in [1.29, 1.82) is 5.26 Å². The molecule has 12 heteroatoms. The lowest BCUT2D eigenvalue weighted by atomic mass is 10.1. The third-order valence-corrected chi connectivity index (χ3v) is 6.04. The highest BCUT2D eigenvalue weighted by atomic mass is 32.1. The molecule has 2 amide bonds. The Kier molecular flexibility index (Phi) is 8.41. The summed E-state index contributed by atoms with van der Waals surface area (Å²) in [5, 5.41) is 18.3. The molecule has 170 valence electrons. The number of nitrogens with zero attached hydrogens (tertiary/aromatic N) is 3. The Labute approximate surface area is 181 Å². The number of carboxylic acids is 1. The molecule has 8 nitrogen and oxygen atoms in total. The van der Waals surface area contributed by atoms with E-state index in [1.807, 2.05) is 4.90 Å². The fourth-order valence-corrected chi connectivity index (χ4v) is 4.34. The van der Waals surface area contributed by atoms with Crippen LogP contribution in [0.15, 0.2) is 11.4 Å². The maximum absolute atomic E-state index is 12.4. The molecule has 1 fully saturated rings. The fraction of sp³-hybridized carbons (Fsp3) is 0.579. The number of hydrogen-bond acceptors (Lipinski definition) is 6. The number of alkyl halides is 3. The highest BCUT2D eigenvalue weighted by molar-refractivity contribution is 7.10. The number of rotatable bonds is 4. The number of thiophene rings is 1. The molecule has 1 aromatic heterocycles. The third-order valence-electron chi connectivity index (χ3n) is 5.09. The second-order valence-electron chi connectivity index (χ2n) is 7.20. The van der Waals surface area contributed by atoms with E-state index < -0.39 is 18.2 Å². The summed E-state index contributed by atoms with van der Waals surface area (Å²) in [6.07, 6.45) is -2.02. The number of likely N-dealkylation sites (tertiary alicyclic amines) is 1. The van der Waals surface area contributed by atoms with Crippen molar-refractivity contribution in [1.82, 2.24) is 9.80 Å². The summed E-state index contributed by atoms with van der Waals surface area (Å²) in [5.74, 6) is -2.91. The highest BCUT2D eigenvalue weighted by Gasteiger charge is 2.38. The number of carbonyl (C=O) groups is 3. The van der Waals surface area contributed by atoms with Crippen LogP contribution in [0.25, 0.3) is 0 Å². The Bertz CT molecular complexity index is 852. The largest absolute Gasteiger partial charge is 0.490 e. The molecule has 2 aliphatic rings. The van der Waals surface area contributed by atoms with E-state index in [0.717, 1.165) is 19.4 Å². The van der Waals surface area contributed by atoms with Crippen LogP contribution in [0.5, 0.6) is 0 Å². The SMILES string of the molecule is N#C[C@@H]1CCCN1C(=O)[C@@H](N)CCC(=O)N1CCc2ccsc2C1.O=C(O)C(F)(F)F. The Morgan fingerprint density at radius 3 is 2.65 bits per heavy atom. The van der Waals surface area contributed by atoms with Crippen LogP contribution in [0.2, 0.25) is 0 Å². The van der Waals surface area contributed by atoms with Gasteiger partial charge in [-0.05, 0) is 42.7 Å². The second-order valence-corrected chi connectivity index (χ2v) is 8.20. The number of fused-ring (bicyclic) bond motifs is 1. The summed E-state index contributed by atoms with van der Waals surface area (Å²) in [7, 11) is 0. The summed E-state index contributed by atoms with van der Waals surface area (Å²) < 4.78 is 31.7. The monoisotopic (exact) mass is 460 g/mol. The summed E-state index contributed by atoms with van der Waals surface area (Å²) in [6, 6.07) is 3.21. The second kappa shape index (κ2) is 10.6. The maximum Gasteiger partial charge on any atom is 0.490 e. The normalized spacial score (nSPS) is 19.0. The van der Waals surface area contributed by atoms with E-state index in [-0.39, 0.29) is 24.3 Å². The van der Waals surface area contributed by atoms with Crippen molar-refractivity contribution in [3.63, 3.8) is 0 Å².